The Morgan fingerprint density at radius 1 is 1.12 bits per heavy atom. The van der Waals surface area contributed by atoms with E-state index in [1.54, 1.807) is 36.4 Å². The molecule has 0 fully saturated rings. The number of halogens is 1. The van der Waals surface area contributed by atoms with Crippen LogP contribution in [0.15, 0.2) is 42.5 Å². The summed E-state index contributed by atoms with van der Waals surface area (Å²) in [5.74, 6) is 0.207. The molecule has 0 radical (unpaired) electrons. The van der Waals surface area contributed by atoms with Crippen molar-refractivity contribution < 1.29 is 19.1 Å². The van der Waals surface area contributed by atoms with E-state index >= 15 is 0 Å². The molecule has 7 heteroatoms. The van der Waals surface area contributed by atoms with E-state index in [2.05, 4.69) is 10.1 Å². The highest BCUT2D eigenvalue weighted by Crippen LogP contribution is 2.19. The van der Waals surface area contributed by atoms with Crippen molar-refractivity contribution in [3.63, 3.8) is 0 Å². The Morgan fingerprint density at radius 2 is 1.81 bits per heavy atom. The van der Waals surface area contributed by atoms with Crippen LogP contribution in [0.5, 0.6) is 5.75 Å². The molecule has 0 heterocycles. The maximum absolute atomic E-state index is 12.3. The average Bonchev–Trinajstić information content (AvgIpc) is 2.61. The standard InChI is InChI=1S/C19H22N2O4.ClH/c1-13-5-6-14(20)12-17(13)19(23)21-15-7-9-16(10-8-15)25-11-3-4-18(22)24-2;/h5-10,12H,3-4,11,20H2,1-2H3,(H,21,23);1H. The van der Waals surface area contributed by atoms with Gasteiger partial charge in [-0.1, -0.05) is 6.07 Å². The number of aryl methyl sites for hydroxylation is 1. The topological polar surface area (TPSA) is 90.6 Å². The fourth-order valence-electron chi connectivity index (χ4n) is 2.23. The van der Waals surface area contributed by atoms with Gasteiger partial charge in [-0.05, 0) is 55.3 Å². The minimum atomic E-state index is -0.251. The number of nitrogens with one attached hydrogen (secondary N) is 1. The Labute approximate surface area is 159 Å². The fraction of sp³-hybridized carbons (Fsp3) is 0.263. The number of nitrogen functional groups attached to an aromatic ring is 1. The lowest BCUT2D eigenvalue weighted by Crippen LogP contribution is -2.13. The first-order chi connectivity index (χ1) is 12.0. The van der Waals surface area contributed by atoms with Crippen LogP contribution >= 0.6 is 12.4 Å². The van der Waals surface area contributed by atoms with Crippen molar-refractivity contribution in [1.29, 1.82) is 0 Å². The van der Waals surface area contributed by atoms with E-state index in [1.807, 2.05) is 13.0 Å². The first-order valence-electron chi connectivity index (χ1n) is 7.97. The monoisotopic (exact) mass is 378 g/mol. The molecular formula is C19H23ClN2O4. The van der Waals surface area contributed by atoms with Crippen molar-refractivity contribution in [1.82, 2.24) is 0 Å². The minimum Gasteiger partial charge on any atom is -0.494 e. The van der Waals surface area contributed by atoms with Gasteiger partial charge >= 0.3 is 5.97 Å². The molecule has 0 aromatic heterocycles. The number of esters is 1. The van der Waals surface area contributed by atoms with Gasteiger partial charge in [0.2, 0.25) is 0 Å². The van der Waals surface area contributed by atoms with Gasteiger partial charge in [0.25, 0.3) is 5.91 Å². The Morgan fingerprint density at radius 3 is 2.46 bits per heavy atom. The molecule has 0 aliphatic rings. The highest BCUT2D eigenvalue weighted by atomic mass is 35.5. The molecule has 140 valence electrons. The van der Waals surface area contributed by atoms with Gasteiger partial charge in [0.05, 0.1) is 13.7 Å². The van der Waals surface area contributed by atoms with Gasteiger partial charge in [-0.3, -0.25) is 9.59 Å². The lowest BCUT2D eigenvalue weighted by atomic mass is 10.1. The number of methoxy groups -OCH3 is 1. The van der Waals surface area contributed by atoms with Crippen molar-refractivity contribution in [2.75, 3.05) is 24.8 Å². The Kier molecular flexibility index (Phi) is 8.45. The molecular weight excluding hydrogens is 356 g/mol. The molecule has 1 amide bonds. The van der Waals surface area contributed by atoms with Gasteiger partial charge in [0.15, 0.2) is 0 Å². The lowest BCUT2D eigenvalue weighted by molar-refractivity contribution is -0.140. The van der Waals surface area contributed by atoms with Gasteiger partial charge < -0.3 is 20.5 Å². The zero-order valence-corrected chi connectivity index (χ0v) is 15.6. The second kappa shape index (κ2) is 10.3. The average molecular weight is 379 g/mol. The number of carbonyl (C=O) groups is 2. The molecule has 0 aliphatic carbocycles. The summed E-state index contributed by atoms with van der Waals surface area (Å²) >= 11 is 0. The fourth-order valence-corrected chi connectivity index (χ4v) is 2.23. The molecule has 0 atom stereocenters. The third-order valence-electron chi connectivity index (χ3n) is 3.64. The van der Waals surface area contributed by atoms with Crippen LogP contribution in [-0.4, -0.2) is 25.6 Å². The van der Waals surface area contributed by atoms with Gasteiger partial charge in [-0.25, -0.2) is 0 Å². The zero-order valence-electron chi connectivity index (χ0n) is 14.8. The predicted octanol–water partition coefficient (Wildman–Crippen LogP) is 3.58. The summed E-state index contributed by atoms with van der Waals surface area (Å²) in [6, 6.07) is 12.3. The molecule has 2 aromatic rings. The van der Waals surface area contributed by atoms with Crippen LogP contribution in [0.25, 0.3) is 0 Å². The molecule has 6 nitrogen and oxygen atoms in total. The number of carbonyl (C=O) groups excluding carboxylic acids is 2. The number of hydrogen-bond donors (Lipinski definition) is 2. The van der Waals surface area contributed by atoms with Crippen LogP contribution in [-0.2, 0) is 9.53 Å². The summed E-state index contributed by atoms with van der Waals surface area (Å²) in [5.41, 5.74) is 8.35. The Balaban J connectivity index is 0.00000338. The summed E-state index contributed by atoms with van der Waals surface area (Å²) in [5, 5.41) is 2.83. The van der Waals surface area contributed by atoms with Gasteiger partial charge in [-0.15, -0.1) is 12.4 Å². The van der Waals surface area contributed by atoms with Crippen LogP contribution in [0.4, 0.5) is 11.4 Å². The molecule has 2 rings (SSSR count). The highest BCUT2D eigenvalue weighted by molar-refractivity contribution is 6.05. The van der Waals surface area contributed by atoms with Crippen LogP contribution in [0.1, 0.15) is 28.8 Å². The molecule has 0 saturated heterocycles. The van der Waals surface area contributed by atoms with E-state index in [0.29, 0.717) is 42.1 Å². The first kappa shape index (κ1) is 21.3. The number of benzene rings is 2. The maximum Gasteiger partial charge on any atom is 0.305 e. The normalized spacial score (nSPS) is 9.77. The van der Waals surface area contributed by atoms with Crippen LogP contribution in [0.3, 0.4) is 0 Å². The zero-order chi connectivity index (χ0) is 18.2. The lowest BCUT2D eigenvalue weighted by Gasteiger charge is -2.10. The molecule has 0 saturated carbocycles. The molecule has 26 heavy (non-hydrogen) atoms. The van der Waals surface area contributed by atoms with E-state index < -0.39 is 0 Å². The molecule has 0 unspecified atom stereocenters. The number of nitrogens with two attached hydrogens (primary N) is 1. The van der Waals surface area contributed by atoms with Crippen molar-refractivity contribution in [2.24, 2.45) is 0 Å². The van der Waals surface area contributed by atoms with E-state index in [-0.39, 0.29) is 24.3 Å². The predicted molar refractivity (Wildman–Crippen MR) is 104 cm³/mol. The molecule has 2 aromatic carbocycles. The van der Waals surface area contributed by atoms with Gasteiger partial charge in [0, 0.05) is 23.4 Å². The molecule has 0 bridgehead atoms. The number of amides is 1. The van der Waals surface area contributed by atoms with Crippen molar-refractivity contribution in [2.45, 2.75) is 19.8 Å². The van der Waals surface area contributed by atoms with Crippen LogP contribution < -0.4 is 15.8 Å². The summed E-state index contributed by atoms with van der Waals surface area (Å²) in [7, 11) is 1.36. The van der Waals surface area contributed by atoms with E-state index in [9.17, 15) is 9.59 Å². The van der Waals surface area contributed by atoms with Crippen molar-refractivity contribution in [3.8, 4) is 5.75 Å². The third kappa shape index (κ3) is 6.29. The number of rotatable bonds is 7. The quantitative estimate of drug-likeness (QED) is 0.436. The summed E-state index contributed by atoms with van der Waals surface area (Å²) in [6.07, 6.45) is 0.907. The SMILES string of the molecule is COC(=O)CCCOc1ccc(NC(=O)c2cc(N)ccc2C)cc1.Cl. The first-order valence-corrected chi connectivity index (χ1v) is 7.97. The second-order valence-corrected chi connectivity index (χ2v) is 5.58. The van der Waals surface area contributed by atoms with Gasteiger partial charge in [-0.2, -0.15) is 0 Å². The van der Waals surface area contributed by atoms with Crippen LogP contribution in [0.2, 0.25) is 0 Å². The number of ether oxygens (including phenoxy) is 2. The largest absolute Gasteiger partial charge is 0.494 e. The van der Waals surface area contributed by atoms with Crippen LogP contribution in [0, 0.1) is 6.92 Å². The van der Waals surface area contributed by atoms with E-state index in [0.717, 1.165) is 5.56 Å². The Bertz CT molecular complexity index is 748. The molecule has 0 spiro atoms. The summed E-state index contributed by atoms with van der Waals surface area (Å²) < 4.78 is 10.1. The molecule has 3 N–H and O–H groups in total. The third-order valence-corrected chi connectivity index (χ3v) is 3.64. The van der Waals surface area contributed by atoms with Gasteiger partial charge in [0.1, 0.15) is 5.75 Å². The number of hydrogen-bond acceptors (Lipinski definition) is 5. The number of anilines is 2. The maximum atomic E-state index is 12.3. The Hall–Kier alpha value is -2.73. The summed E-state index contributed by atoms with van der Waals surface area (Å²) in [6.45, 7) is 2.28. The van der Waals surface area contributed by atoms with Crippen molar-refractivity contribution >= 4 is 35.7 Å². The molecule has 0 aliphatic heterocycles. The minimum absolute atomic E-state index is 0. The smallest absolute Gasteiger partial charge is 0.305 e. The van der Waals surface area contributed by atoms with Crippen molar-refractivity contribution in [3.05, 3.63) is 53.6 Å². The second-order valence-electron chi connectivity index (χ2n) is 5.58. The highest BCUT2D eigenvalue weighted by Gasteiger charge is 2.10. The summed E-state index contributed by atoms with van der Waals surface area (Å²) in [4.78, 5) is 23.3. The van der Waals surface area contributed by atoms with E-state index in [1.165, 1.54) is 7.11 Å². The van der Waals surface area contributed by atoms with E-state index in [4.69, 9.17) is 10.5 Å².